The number of nitrogens with two attached hydrogens (primary N) is 1. The molecule has 4 N–H and O–H groups in total. The largest absolute Gasteiger partial charge is 0.383 e. The van der Waals surface area contributed by atoms with Gasteiger partial charge in [-0.2, -0.15) is 5.10 Å². The Bertz CT molecular complexity index is 1170. The number of anilines is 1. The summed E-state index contributed by atoms with van der Waals surface area (Å²) in [5.41, 5.74) is 9.18. The molecular formula is C20H21N7O. The number of carbonyl (C=O) groups is 1. The minimum Gasteiger partial charge on any atom is -0.383 e. The lowest BCUT2D eigenvalue weighted by Crippen LogP contribution is -2.31. The van der Waals surface area contributed by atoms with Gasteiger partial charge in [0.2, 0.25) is 0 Å². The van der Waals surface area contributed by atoms with Gasteiger partial charge in [-0.15, -0.1) is 0 Å². The number of nitrogens with one attached hydrogen (secondary N) is 2. The van der Waals surface area contributed by atoms with E-state index >= 15 is 0 Å². The van der Waals surface area contributed by atoms with Crippen molar-refractivity contribution >= 4 is 33.5 Å². The van der Waals surface area contributed by atoms with E-state index < -0.39 is 0 Å². The third-order valence-electron chi connectivity index (χ3n) is 4.56. The van der Waals surface area contributed by atoms with Crippen molar-refractivity contribution in [2.45, 2.75) is 0 Å². The van der Waals surface area contributed by atoms with Crippen LogP contribution in [0.1, 0.15) is 10.5 Å². The molecule has 3 aromatic heterocycles. The van der Waals surface area contributed by atoms with E-state index in [2.05, 4.69) is 25.5 Å². The zero-order valence-electron chi connectivity index (χ0n) is 15.7. The zero-order valence-corrected chi connectivity index (χ0v) is 15.7. The van der Waals surface area contributed by atoms with Gasteiger partial charge in [0, 0.05) is 30.2 Å². The van der Waals surface area contributed by atoms with Gasteiger partial charge in [0.05, 0.1) is 11.2 Å². The van der Waals surface area contributed by atoms with E-state index in [4.69, 9.17) is 5.73 Å². The van der Waals surface area contributed by atoms with Gasteiger partial charge in [-0.1, -0.05) is 12.1 Å². The van der Waals surface area contributed by atoms with E-state index in [1.165, 1.54) is 0 Å². The summed E-state index contributed by atoms with van der Waals surface area (Å²) in [7, 11) is 3.91. The number of likely N-dealkylation sites (N-methyl/N-ethyl adjacent to an activating group) is 1. The van der Waals surface area contributed by atoms with Crippen LogP contribution in [-0.2, 0) is 0 Å². The summed E-state index contributed by atoms with van der Waals surface area (Å²) in [6.45, 7) is 1.29. The average Bonchev–Trinajstić information content (AvgIpc) is 3.11. The van der Waals surface area contributed by atoms with E-state index in [1.807, 2.05) is 55.4 Å². The number of nitrogen functional groups attached to an aromatic ring is 1. The maximum Gasteiger partial charge on any atom is 0.274 e. The topological polar surface area (TPSA) is 113 Å². The fraction of sp³-hybridized carbons (Fsp3) is 0.200. The van der Waals surface area contributed by atoms with Crippen LogP contribution in [0, 0.1) is 0 Å². The van der Waals surface area contributed by atoms with Gasteiger partial charge in [0.25, 0.3) is 5.91 Å². The molecule has 4 rings (SSSR count). The van der Waals surface area contributed by atoms with Crippen molar-refractivity contribution in [2.75, 3.05) is 32.9 Å². The summed E-state index contributed by atoms with van der Waals surface area (Å²) < 4.78 is 0. The molecule has 142 valence electrons. The highest BCUT2D eigenvalue weighted by molar-refractivity contribution is 6.03. The predicted molar refractivity (Wildman–Crippen MR) is 110 cm³/mol. The Labute approximate surface area is 161 Å². The second-order valence-corrected chi connectivity index (χ2v) is 6.86. The second-order valence-electron chi connectivity index (χ2n) is 6.86. The zero-order chi connectivity index (χ0) is 19.7. The summed E-state index contributed by atoms with van der Waals surface area (Å²) in [6.07, 6.45) is 1.69. The first-order valence-corrected chi connectivity index (χ1v) is 8.95. The number of benzene rings is 1. The van der Waals surface area contributed by atoms with Gasteiger partial charge in [-0.05, 0) is 43.7 Å². The first-order valence-electron chi connectivity index (χ1n) is 8.95. The molecule has 0 aliphatic rings. The average molecular weight is 375 g/mol. The number of rotatable bonds is 5. The molecule has 0 bridgehead atoms. The van der Waals surface area contributed by atoms with Crippen molar-refractivity contribution < 1.29 is 4.79 Å². The molecule has 0 spiro atoms. The van der Waals surface area contributed by atoms with E-state index in [1.54, 1.807) is 6.20 Å². The molecular weight excluding hydrogens is 354 g/mol. The van der Waals surface area contributed by atoms with Crippen LogP contribution in [0.25, 0.3) is 33.1 Å². The van der Waals surface area contributed by atoms with E-state index in [0.29, 0.717) is 23.4 Å². The molecule has 1 aromatic carbocycles. The lowest BCUT2D eigenvalue weighted by atomic mass is 10.1. The van der Waals surface area contributed by atoms with Crippen molar-refractivity contribution in [3.8, 4) is 11.3 Å². The Morgan fingerprint density at radius 3 is 2.89 bits per heavy atom. The van der Waals surface area contributed by atoms with Crippen LogP contribution < -0.4 is 11.1 Å². The molecule has 4 aromatic rings. The highest BCUT2D eigenvalue weighted by Crippen LogP contribution is 2.27. The maximum absolute atomic E-state index is 12.5. The molecule has 0 atom stereocenters. The van der Waals surface area contributed by atoms with Crippen LogP contribution in [-0.4, -0.2) is 58.2 Å². The summed E-state index contributed by atoms with van der Waals surface area (Å²) in [6, 6.07) is 11.6. The number of fused-ring (bicyclic) bond motifs is 2. The molecule has 8 nitrogen and oxygen atoms in total. The van der Waals surface area contributed by atoms with Gasteiger partial charge >= 0.3 is 0 Å². The van der Waals surface area contributed by atoms with Gasteiger partial charge in [0.1, 0.15) is 11.3 Å². The minimum absolute atomic E-state index is 0.246. The van der Waals surface area contributed by atoms with Crippen LogP contribution in [0.5, 0.6) is 0 Å². The van der Waals surface area contributed by atoms with Crippen LogP contribution in [0.15, 0.2) is 42.6 Å². The number of aromatic nitrogens is 4. The number of aromatic amines is 1. The Kier molecular flexibility index (Phi) is 4.62. The maximum atomic E-state index is 12.5. The van der Waals surface area contributed by atoms with Crippen molar-refractivity contribution in [3.63, 3.8) is 0 Å². The molecule has 0 saturated heterocycles. The lowest BCUT2D eigenvalue weighted by molar-refractivity contribution is 0.0947. The first kappa shape index (κ1) is 17.9. The fourth-order valence-electron chi connectivity index (χ4n) is 3.04. The highest BCUT2D eigenvalue weighted by Gasteiger charge is 2.16. The molecule has 1 amide bonds. The van der Waals surface area contributed by atoms with E-state index in [0.717, 1.165) is 28.6 Å². The van der Waals surface area contributed by atoms with Crippen molar-refractivity contribution in [3.05, 3.63) is 48.3 Å². The van der Waals surface area contributed by atoms with Gasteiger partial charge in [-0.3, -0.25) is 9.89 Å². The minimum atomic E-state index is -0.246. The van der Waals surface area contributed by atoms with Crippen LogP contribution >= 0.6 is 0 Å². The Morgan fingerprint density at radius 2 is 2.07 bits per heavy atom. The molecule has 0 fully saturated rings. The molecule has 28 heavy (non-hydrogen) atoms. The van der Waals surface area contributed by atoms with Crippen LogP contribution in [0.2, 0.25) is 0 Å². The standard InChI is InChI=1S/C20H21N7O/c1-27(2)10-9-23-20(28)18-17-16(25-26-18)6-5-15(24-17)13-4-3-12-7-8-22-19(21)14(12)11-13/h3-8,11H,9-10H2,1-2H3,(H2,21,22)(H,23,28)(H,25,26). The number of nitrogens with zero attached hydrogens (tertiary/aromatic N) is 4. The predicted octanol–water partition coefficient (Wildman–Crippen LogP) is 2.05. The van der Waals surface area contributed by atoms with Gasteiger partial charge in [-0.25, -0.2) is 9.97 Å². The monoisotopic (exact) mass is 375 g/mol. The SMILES string of the molecule is CN(C)CCNC(=O)c1n[nH]c2ccc(-c3ccc4ccnc(N)c4c3)nc12. The Hall–Kier alpha value is -3.52. The normalized spacial score (nSPS) is 11.4. The summed E-state index contributed by atoms with van der Waals surface area (Å²) in [4.78, 5) is 23.3. The van der Waals surface area contributed by atoms with E-state index in [-0.39, 0.29) is 11.6 Å². The van der Waals surface area contributed by atoms with Gasteiger partial charge in [0.15, 0.2) is 5.69 Å². The van der Waals surface area contributed by atoms with Crippen molar-refractivity contribution in [2.24, 2.45) is 0 Å². The van der Waals surface area contributed by atoms with Crippen molar-refractivity contribution in [1.29, 1.82) is 0 Å². The third kappa shape index (κ3) is 3.37. The highest BCUT2D eigenvalue weighted by atomic mass is 16.1. The quantitative estimate of drug-likeness (QED) is 0.492. The van der Waals surface area contributed by atoms with Crippen LogP contribution in [0.3, 0.4) is 0 Å². The summed E-state index contributed by atoms with van der Waals surface area (Å²) in [5.74, 6) is 0.231. The number of hydrogen-bond acceptors (Lipinski definition) is 6. The number of amides is 1. The lowest BCUT2D eigenvalue weighted by Gasteiger charge is -2.09. The molecule has 0 aliphatic carbocycles. The second kappa shape index (κ2) is 7.24. The number of H-pyrrole nitrogens is 1. The van der Waals surface area contributed by atoms with Crippen molar-refractivity contribution in [1.82, 2.24) is 30.4 Å². The summed E-state index contributed by atoms with van der Waals surface area (Å²) >= 11 is 0. The first-order chi connectivity index (χ1) is 13.5. The number of carbonyl (C=O) groups excluding carboxylic acids is 1. The molecule has 0 saturated carbocycles. The fourth-order valence-corrected chi connectivity index (χ4v) is 3.04. The molecule has 0 aliphatic heterocycles. The summed E-state index contributed by atoms with van der Waals surface area (Å²) in [5, 5.41) is 11.8. The number of hydrogen-bond donors (Lipinski definition) is 3. The molecule has 0 radical (unpaired) electrons. The number of pyridine rings is 2. The Balaban J connectivity index is 1.69. The van der Waals surface area contributed by atoms with Gasteiger partial charge < -0.3 is 16.0 Å². The molecule has 3 heterocycles. The Morgan fingerprint density at radius 1 is 1.21 bits per heavy atom. The molecule has 0 unspecified atom stereocenters. The smallest absolute Gasteiger partial charge is 0.274 e. The third-order valence-corrected chi connectivity index (χ3v) is 4.56. The van der Waals surface area contributed by atoms with Crippen LogP contribution in [0.4, 0.5) is 5.82 Å². The molecule has 8 heteroatoms. The van der Waals surface area contributed by atoms with E-state index in [9.17, 15) is 4.79 Å².